The van der Waals surface area contributed by atoms with Crippen LogP contribution >= 0.6 is 34.5 Å². The second kappa shape index (κ2) is 4.76. The monoisotopic (exact) mass is 313 g/mol. The molecule has 0 aliphatic heterocycles. The van der Waals surface area contributed by atoms with E-state index in [0.717, 1.165) is 11.3 Å². The van der Waals surface area contributed by atoms with Gasteiger partial charge < -0.3 is 5.32 Å². The number of carbonyl (C=O) groups is 1. The van der Waals surface area contributed by atoms with Gasteiger partial charge in [-0.25, -0.2) is 0 Å². The third-order valence-corrected chi connectivity index (χ3v) is 3.82. The number of anilines is 1. The predicted molar refractivity (Wildman–Crippen MR) is 73.1 cm³/mol. The Hall–Kier alpha value is -1.70. The lowest BCUT2D eigenvalue weighted by Crippen LogP contribution is -2.12. The highest BCUT2D eigenvalue weighted by atomic mass is 35.5. The Morgan fingerprint density at radius 1 is 1.32 bits per heavy atom. The molecule has 3 aromatic rings. The molecule has 3 rings (SSSR count). The summed E-state index contributed by atoms with van der Waals surface area (Å²) in [4.78, 5) is 12.6. The summed E-state index contributed by atoms with van der Waals surface area (Å²) >= 11 is 13.1. The van der Waals surface area contributed by atoms with Gasteiger partial charge in [-0.1, -0.05) is 40.6 Å². The molecule has 0 aliphatic carbocycles. The Bertz CT molecular complexity index is 719. The van der Waals surface area contributed by atoms with Gasteiger partial charge >= 0.3 is 0 Å². The highest BCUT2D eigenvalue weighted by molar-refractivity contribution is 7.18. The van der Waals surface area contributed by atoms with E-state index in [1.807, 2.05) is 0 Å². The molecular formula is C10H5Cl2N5OS. The average Bonchev–Trinajstić information content (AvgIpc) is 2.94. The van der Waals surface area contributed by atoms with Crippen LogP contribution in [0, 0.1) is 0 Å². The van der Waals surface area contributed by atoms with Crippen LogP contribution in [-0.4, -0.2) is 25.7 Å². The lowest BCUT2D eigenvalue weighted by atomic mass is 10.3. The molecule has 0 atom stereocenters. The van der Waals surface area contributed by atoms with Crippen LogP contribution in [0.1, 0.15) is 9.80 Å². The van der Waals surface area contributed by atoms with Crippen LogP contribution in [0.25, 0.3) is 4.96 Å². The zero-order chi connectivity index (χ0) is 13.4. The first-order valence-corrected chi connectivity index (χ1v) is 6.64. The van der Waals surface area contributed by atoms with Crippen LogP contribution in [0.15, 0.2) is 24.5 Å². The lowest BCUT2D eigenvalue weighted by molar-refractivity contribution is 0.102. The highest BCUT2D eigenvalue weighted by Gasteiger charge is 2.16. The largest absolute Gasteiger partial charge is 0.317 e. The normalized spacial score (nSPS) is 10.8. The first-order valence-electron chi connectivity index (χ1n) is 5.07. The molecule has 0 saturated carbocycles. The van der Waals surface area contributed by atoms with Gasteiger partial charge in [0.25, 0.3) is 5.91 Å². The number of fused-ring (bicyclic) bond motifs is 1. The SMILES string of the molecule is O=C(Nc1c(Cl)cccc1Cl)c1nn2cnnc2s1. The summed E-state index contributed by atoms with van der Waals surface area (Å²) in [7, 11) is 0. The number of aromatic nitrogens is 4. The summed E-state index contributed by atoms with van der Waals surface area (Å²) in [5, 5.41) is 15.1. The van der Waals surface area contributed by atoms with Crippen molar-refractivity contribution in [2.24, 2.45) is 0 Å². The third kappa shape index (κ3) is 2.27. The number of carbonyl (C=O) groups excluding carboxylic acids is 1. The van der Waals surface area contributed by atoms with Gasteiger partial charge in [0.1, 0.15) is 6.33 Å². The van der Waals surface area contributed by atoms with E-state index in [4.69, 9.17) is 23.2 Å². The van der Waals surface area contributed by atoms with E-state index in [2.05, 4.69) is 20.6 Å². The van der Waals surface area contributed by atoms with E-state index in [1.54, 1.807) is 18.2 Å². The van der Waals surface area contributed by atoms with Crippen LogP contribution < -0.4 is 5.32 Å². The molecule has 1 N–H and O–H groups in total. The molecule has 2 aromatic heterocycles. The summed E-state index contributed by atoms with van der Waals surface area (Å²) in [6, 6.07) is 4.98. The van der Waals surface area contributed by atoms with Crippen LogP contribution in [0.4, 0.5) is 5.69 Å². The van der Waals surface area contributed by atoms with Crippen molar-refractivity contribution < 1.29 is 4.79 Å². The number of hydrogen-bond donors (Lipinski definition) is 1. The molecule has 2 heterocycles. The maximum absolute atomic E-state index is 12.0. The number of hydrogen-bond acceptors (Lipinski definition) is 5. The van der Waals surface area contributed by atoms with Crippen molar-refractivity contribution in [3.8, 4) is 0 Å². The van der Waals surface area contributed by atoms with Gasteiger partial charge in [-0.05, 0) is 12.1 Å². The second-order valence-electron chi connectivity index (χ2n) is 3.52. The molecule has 19 heavy (non-hydrogen) atoms. The Labute approximate surface area is 121 Å². The van der Waals surface area contributed by atoms with E-state index in [-0.39, 0.29) is 5.01 Å². The predicted octanol–water partition coefficient (Wildman–Crippen LogP) is 2.74. The van der Waals surface area contributed by atoms with E-state index < -0.39 is 5.91 Å². The number of para-hydroxylation sites is 1. The van der Waals surface area contributed by atoms with E-state index in [0.29, 0.717) is 20.7 Å². The van der Waals surface area contributed by atoms with Gasteiger partial charge in [0.2, 0.25) is 9.97 Å². The minimum atomic E-state index is -0.398. The smallest absolute Gasteiger partial charge is 0.286 e. The van der Waals surface area contributed by atoms with E-state index in [9.17, 15) is 4.79 Å². The molecule has 0 bridgehead atoms. The van der Waals surface area contributed by atoms with Crippen molar-refractivity contribution in [1.82, 2.24) is 19.8 Å². The fourth-order valence-corrected chi connectivity index (χ4v) is 2.64. The summed E-state index contributed by atoms with van der Waals surface area (Å²) in [5.41, 5.74) is 0.363. The Morgan fingerprint density at radius 3 is 2.74 bits per heavy atom. The summed E-state index contributed by atoms with van der Waals surface area (Å²) in [5.74, 6) is -0.398. The standard InChI is InChI=1S/C10H5Cl2N5OS/c11-5-2-1-3-6(12)7(5)14-8(18)9-16-17-4-13-15-10(17)19-9/h1-4H,(H,14,18). The number of halogens is 2. The van der Waals surface area contributed by atoms with Gasteiger partial charge in [-0.3, -0.25) is 4.79 Å². The molecule has 0 aliphatic rings. The molecule has 1 amide bonds. The van der Waals surface area contributed by atoms with Crippen LogP contribution in [-0.2, 0) is 0 Å². The highest BCUT2D eigenvalue weighted by Crippen LogP contribution is 2.30. The van der Waals surface area contributed by atoms with Crippen molar-refractivity contribution in [1.29, 1.82) is 0 Å². The molecule has 0 saturated heterocycles. The lowest BCUT2D eigenvalue weighted by Gasteiger charge is -2.06. The van der Waals surface area contributed by atoms with Crippen LogP contribution in [0.5, 0.6) is 0 Å². The molecule has 6 nitrogen and oxygen atoms in total. The molecule has 1 aromatic carbocycles. The minimum Gasteiger partial charge on any atom is -0.317 e. The maximum Gasteiger partial charge on any atom is 0.286 e. The van der Waals surface area contributed by atoms with Crippen LogP contribution in [0.2, 0.25) is 10.0 Å². The van der Waals surface area contributed by atoms with E-state index >= 15 is 0 Å². The van der Waals surface area contributed by atoms with E-state index in [1.165, 1.54) is 10.8 Å². The van der Waals surface area contributed by atoms with Gasteiger partial charge in [0, 0.05) is 0 Å². The minimum absolute atomic E-state index is 0.251. The Morgan fingerprint density at radius 2 is 2.05 bits per heavy atom. The van der Waals surface area contributed by atoms with Gasteiger partial charge in [-0.2, -0.15) is 4.52 Å². The second-order valence-corrected chi connectivity index (χ2v) is 5.29. The number of nitrogens with one attached hydrogen (secondary N) is 1. The Balaban J connectivity index is 1.91. The topological polar surface area (TPSA) is 72.2 Å². The molecule has 0 radical (unpaired) electrons. The van der Waals surface area contributed by atoms with Crippen molar-refractivity contribution in [3.63, 3.8) is 0 Å². The number of rotatable bonds is 2. The molecular weight excluding hydrogens is 309 g/mol. The maximum atomic E-state index is 12.0. The number of benzene rings is 1. The molecule has 0 fully saturated rings. The summed E-state index contributed by atoms with van der Waals surface area (Å²) < 4.78 is 1.42. The first-order chi connectivity index (χ1) is 9.15. The summed E-state index contributed by atoms with van der Waals surface area (Å²) in [6.45, 7) is 0. The molecule has 0 spiro atoms. The number of nitrogens with zero attached hydrogens (tertiary/aromatic N) is 4. The molecule has 9 heteroatoms. The van der Waals surface area contributed by atoms with Crippen molar-refractivity contribution in [2.75, 3.05) is 5.32 Å². The summed E-state index contributed by atoms with van der Waals surface area (Å²) in [6.07, 6.45) is 1.42. The van der Waals surface area contributed by atoms with Gasteiger partial charge in [0.15, 0.2) is 0 Å². The fourth-order valence-electron chi connectivity index (χ4n) is 1.44. The van der Waals surface area contributed by atoms with Gasteiger partial charge in [-0.15, -0.1) is 15.3 Å². The zero-order valence-corrected chi connectivity index (χ0v) is 11.5. The Kier molecular flexibility index (Phi) is 3.09. The van der Waals surface area contributed by atoms with Gasteiger partial charge in [0.05, 0.1) is 15.7 Å². The van der Waals surface area contributed by atoms with Crippen molar-refractivity contribution in [3.05, 3.63) is 39.6 Å². The third-order valence-electron chi connectivity index (χ3n) is 2.28. The van der Waals surface area contributed by atoms with Crippen molar-refractivity contribution >= 4 is 51.1 Å². The fraction of sp³-hybridized carbons (Fsp3) is 0. The first kappa shape index (κ1) is 12.3. The molecule has 0 unspecified atom stereocenters. The van der Waals surface area contributed by atoms with Crippen LogP contribution in [0.3, 0.4) is 0 Å². The zero-order valence-electron chi connectivity index (χ0n) is 9.17. The van der Waals surface area contributed by atoms with Crippen molar-refractivity contribution in [2.45, 2.75) is 0 Å². The molecule has 96 valence electrons. The average molecular weight is 314 g/mol. The number of amides is 1. The quantitative estimate of drug-likeness (QED) is 0.789.